The van der Waals surface area contributed by atoms with Gasteiger partial charge in [-0.1, -0.05) is 10.6 Å². The summed E-state index contributed by atoms with van der Waals surface area (Å²) in [6.07, 6.45) is 3.74. The Hall–Kier alpha value is -1.33. The summed E-state index contributed by atoms with van der Waals surface area (Å²) in [5.41, 5.74) is 3.29. The van der Waals surface area contributed by atoms with Gasteiger partial charge < -0.3 is 5.32 Å². The SMILES string of the molecule is CNC(c1cncc(C)c1)c1snnc1C. The first kappa shape index (κ1) is 11.2. The zero-order chi connectivity index (χ0) is 11.5. The third kappa shape index (κ3) is 2.10. The van der Waals surface area contributed by atoms with Gasteiger partial charge >= 0.3 is 0 Å². The smallest absolute Gasteiger partial charge is 0.0776 e. The number of hydrogen-bond donors (Lipinski definition) is 1. The van der Waals surface area contributed by atoms with Crippen molar-refractivity contribution in [1.82, 2.24) is 19.9 Å². The minimum atomic E-state index is 0.132. The van der Waals surface area contributed by atoms with Gasteiger partial charge in [-0.15, -0.1) is 5.10 Å². The van der Waals surface area contributed by atoms with Crippen molar-refractivity contribution in [3.05, 3.63) is 40.2 Å². The minimum absolute atomic E-state index is 0.132. The molecule has 4 nitrogen and oxygen atoms in total. The van der Waals surface area contributed by atoms with Crippen molar-refractivity contribution in [3.63, 3.8) is 0 Å². The largest absolute Gasteiger partial charge is 0.309 e. The molecule has 16 heavy (non-hydrogen) atoms. The number of aryl methyl sites for hydroxylation is 2. The lowest BCUT2D eigenvalue weighted by Crippen LogP contribution is -2.17. The van der Waals surface area contributed by atoms with E-state index in [-0.39, 0.29) is 6.04 Å². The predicted molar refractivity (Wildman–Crippen MR) is 64.5 cm³/mol. The number of aromatic nitrogens is 3. The van der Waals surface area contributed by atoms with Gasteiger partial charge in [-0.3, -0.25) is 4.98 Å². The Morgan fingerprint density at radius 1 is 1.31 bits per heavy atom. The van der Waals surface area contributed by atoms with Gasteiger partial charge in [0.1, 0.15) is 0 Å². The monoisotopic (exact) mass is 234 g/mol. The highest BCUT2D eigenvalue weighted by Crippen LogP contribution is 2.26. The lowest BCUT2D eigenvalue weighted by atomic mass is 10.1. The van der Waals surface area contributed by atoms with Gasteiger partial charge in [-0.25, -0.2) is 0 Å². The molecule has 0 bridgehead atoms. The molecular weight excluding hydrogens is 220 g/mol. The molecule has 0 saturated heterocycles. The summed E-state index contributed by atoms with van der Waals surface area (Å²) in [6.45, 7) is 4.02. The molecule has 0 amide bonds. The van der Waals surface area contributed by atoms with Gasteiger partial charge in [-0.2, -0.15) is 0 Å². The molecule has 1 atom stereocenters. The summed E-state index contributed by atoms with van der Waals surface area (Å²) in [5, 5.41) is 7.32. The Morgan fingerprint density at radius 2 is 2.12 bits per heavy atom. The van der Waals surface area contributed by atoms with Crippen molar-refractivity contribution in [1.29, 1.82) is 0 Å². The fourth-order valence-electron chi connectivity index (χ4n) is 1.69. The van der Waals surface area contributed by atoms with Crippen LogP contribution in [0, 0.1) is 13.8 Å². The molecule has 2 heterocycles. The number of nitrogens with zero attached hydrogens (tertiary/aromatic N) is 3. The second-order valence-electron chi connectivity index (χ2n) is 3.74. The molecule has 0 saturated carbocycles. The maximum absolute atomic E-state index is 4.22. The maximum Gasteiger partial charge on any atom is 0.0776 e. The van der Waals surface area contributed by atoms with Crippen LogP contribution < -0.4 is 5.32 Å². The standard InChI is InChI=1S/C11H14N4S/c1-7-4-9(6-13-5-7)10(12-3)11-8(2)14-15-16-11/h4-6,10,12H,1-3H3. The zero-order valence-corrected chi connectivity index (χ0v) is 10.4. The topological polar surface area (TPSA) is 50.7 Å². The van der Waals surface area contributed by atoms with Gasteiger partial charge in [0.25, 0.3) is 0 Å². The quantitative estimate of drug-likeness (QED) is 0.880. The first-order chi connectivity index (χ1) is 7.72. The van der Waals surface area contributed by atoms with Gasteiger partial charge in [0.15, 0.2) is 0 Å². The van der Waals surface area contributed by atoms with Gasteiger partial charge in [0, 0.05) is 12.4 Å². The number of nitrogens with one attached hydrogen (secondary N) is 1. The fourth-order valence-corrected chi connectivity index (χ4v) is 2.47. The van der Waals surface area contributed by atoms with Crippen molar-refractivity contribution in [2.45, 2.75) is 19.9 Å². The molecule has 0 aliphatic heterocycles. The van der Waals surface area contributed by atoms with Crippen LogP contribution in [0.15, 0.2) is 18.5 Å². The summed E-state index contributed by atoms with van der Waals surface area (Å²) in [6, 6.07) is 2.26. The van der Waals surface area contributed by atoms with E-state index in [1.165, 1.54) is 11.5 Å². The van der Waals surface area contributed by atoms with Gasteiger partial charge in [0.05, 0.1) is 16.6 Å². The molecule has 0 aliphatic carbocycles. The molecule has 5 heteroatoms. The molecule has 2 aromatic heterocycles. The second-order valence-corrected chi connectivity index (χ2v) is 4.53. The van der Waals surface area contributed by atoms with Crippen LogP contribution in [0.4, 0.5) is 0 Å². The van der Waals surface area contributed by atoms with Crippen LogP contribution in [0.3, 0.4) is 0 Å². The van der Waals surface area contributed by atoms with Gasteiger partial charge in [0.2, 0.25) is 0 Å². The Balaban J connectivity index is 2.40. The van der Waals surface area contributed by atoms with Crippen LogP contribution in [-0.4, -0.2) is 21.6 Å². The van der Waals surface area contributed by atoms with Crippen molar-refractivity contribution in [3.8, 4) is 0 Å². The molecule has 2 aromatic rings. The Kier molecular flexibility index (Phi) is 3.26. The predicted octanol–water partition coefficient (Wildman–Crippen LogP) is 1.86. The average molecular weight is 234 g/mol. The lowest BCUT2D eigenvalue weighted by Gasteiger charge is -2.14. The highest BCUT2D eigenvalue weighted by Gasteiger charge is 2.17. The highest BCUT2D eigenvalue weighted by molar-refractivity contribution is 7.05. The van der Waals surface area contributed by atoms with Crippen LogP contribution in [0.1, 0.15) is 27.7 Å². The normalized spacial score (nSPS) is 12.7. The van der Waals surface area contributed by atoms with Crippen LogP contribution in [-0.2, 0) is 0 Å². The summed E-state index contributed by atoms with van der Waals surface area (Å²) in [4.78, 5) is 5.36. The van der Waals surface area contributed by atoms with Crippen molar-refractivity contribution < 1.29 is 0 Å². The second kappa shape index (κ2) is 4.67. The third-order valence-electron chi connectivity index (χ3n) is 2.47. The van der Waals surface area contributed by atoms with Crippen molar-refractivity contribution in [2.75, 3.05) is 7.05 Å². The van der Waals surface area contributed by atoms with Crippen LogP contribution in [0.25, 0.3) is 0 Å². The average Bonchev–Trinajstić information content (AvgIpc) is 2.67. The Labute approximate surface area is 98.9 Å². The molecule has 1 N–H and O–H groups in total. The van der Waals surface area contributed by atoms with Crippen molar-refractivity contribution in [2.24, 2.45) is 0 Å². The number of rotatable bonds is 3. The van der Waals surface area contributed by atoms with Crippen LogP contribution in [0.2, 0.25) is 0 Å². The molecule has 0 fully saturated rings. The molecule has 0 spiro atoms. The van der Waals surface area contributed by atoms with E-state index >= 15 is 0 Å². The Bertz CT molecular complexity index is 480. The summed E-state index contributed by atoms with van der Waals surface area (Å²) < 4.78 is 3.97. The Morgan fingerprint density at radius 3 is 2.69 bits per heavy atom. The number of pyridine rings is 1. The van der Waals surface area contributed by atoms with E-state index in [4.69, 9.17) is 0 Å². The highest BCUT2D eigenvalue weighted by atomic mass is 32.1. The first-order valence-corrected chi connectivity index (χ1v) is 5.87. The first-order valence-electron chi connectivity index (χ1n) is 5.10. The third-order valence-corrected chi connectivity index (χ3v) is 3.36. The molecule has 2 rings (SSSR count). The molecule has 1 unspecified atom stereocenters. The maximum atomic E-state index is 4.22. The summed E-state index contributed by atoms with van der Waals surface area (Å²) in [7, 11) is 1.94. The molecular formula is C11H14N4S. The molecule has 0 aromatic carbocycles. The van der Waals surface area contributed by atoms with Gasteiger partial charge in [-0.05, 0) is 43.6 Å². The van der Waals surface area contributed by atoms with E-state index in [0.717, 1.165) is 21.7 Å². The van der Waals surface area contributed by atoms with E-state index in [0.29, 0.717) is 0 Å². The fraction of sp³-hybridized carbons (Fsp3) is 0.364. The minimum Gasteiger partial charge on any atom is -0.309 e. The molecule has 0 aliphatic rings. The number of hydrogen-bond acceptors (Lipinski definition) is 5. The van der Waals surface area contributed by atoms with E-state index in [2.05, 4.69) is 26.0 Å². The van der Waals surface area contributed by atoms with Crippen molar-refractivity contribution >= 4 is 11.5 Å². The molecule has 0 radical (unpaired) electrons. The van der Waals surface area contributed by atoms with Crippen LogP contribution in [0.5, 0.6) is 0 Å². The summed E-state index contributed by atoms with van der Waals surface area (Å²) >= 11 is 1.43. The van der Waals surface area contributed by atoms with E-state index in [1.807, 2.05) is 33.3 Å². The van der Waals surface area contributed by atoms with E-state index < -0.39 is 0 Å². The van der Waals surface area contributed by atoms with E-state index in [9.17, 15) is 0 Å². The summed E-state index contributed by atoms with van der Waals surface area (Å²) in [5.74, 6) is 0. The van der Waals surface area contributed by atoms with Crippen LogP contribution >= 0.6 is 11.5 Å². The zero-order valence-electron chi connectivity index (χ0n) is 9.56. The lowest BCUT2D eigenvalue weighted by molar-refractivity contribution is 0.693. The van der Waals surface area contributed by atoms with E-state index in [1.54, 1.807) is 0 Å². The molecule has 84 valence electrons.